The summed E-state index contributed by atoms with van der Waals surface area (Å²) in [7, 11) is 0. The molecule has 0 N–H and O–H groups in total. The molecule has 0 radical (unpaired) electrons. The van der Waals surface area contributed by atoms with Gasteiger partial charge in [0.25, 0.3) is 0 Å². The van der Waals surface area contributed by atoms with Crippen molar-refractivity contribution in [3.05, 3.63) is 65.2 Å². The number of benzene rings is 1. The summed E-state index contributed by atoms with van der Waals surface area (Å²) in [5, 5.41) is 4.85. The number of rotatable bonds is 7. The summed E-state index contributed by atoms with van der Waals surface area (Å²) >= 11 is 5.72. The number of hydrogen-bond donors (Lipinski definition) is 0. The molecule has 0 bridgehead atoms. The molecule has 3 heterocycles. The van der Waals surface area contributed by atoms with Gasteiger partial charge in [-0.3, -0.25) is 9.88 Å². The van der Waals surface area contributed by atoms with Crippen LogP contribution in [0, 0.1) is 10.7 Å². The van der Waals surface area contributed by atoms with Gasteiger partial charge in [0.05, 0.1) is 6.67 Å². The Balaban J connectivity index is 1.36. The summed E-state index contributed by atoms with van der Waals surface area (Å²) in [6.45, 7) is 5.94. The molecule has 5 nitrogen and oxygen atoms in total. The zero-order valence-corrected chi connectivity index (χ0v) is 17.9. The van der Waals surface area contributed by atoms with E-state index in [2.05, 4.69) is 51.7 Å². The molecule has 0 saturated carbocycles. The molecular weight excluding hydrogens is 378 g/mol. The van der Waals surface area contributed by atoms with E-state index in [0.717, 1.165) is 48.4 Å². The minimum atomic E-state index is 0.773. The average molecular weight is 408 g/mol. The molecule has 1 aliphatic heterocycles. The monoisotopic (exact) mass is 407 g/mol. The smallest absolute Gasteiger partial charge is 0.199 e. The summed E-state index contributed by atoms with van der Waals surface area (Å²) in [6.07, 6.45) is 8.59. The van der Waals surface area contributed by atoms with Crippen molar-refractivity contribution < 1.29 is 0 Å². The predicted octanol–water partition coefficient (Wildman–Crippen LogP) is 4.80. The van der Waals surface area contributed by atoms with Gasteiger partial charge in [-0.25, -0.2) is 4.68 Å². The van der Waals surface area contributed by atoms with Gasteiger partial charge < -0.3 is 4.57 Å². The molecule has 1 fully saturated rings. The molecule has 0 atom stereocenters. The quantitative estimate of drug-likeness (QED) is 0.528. The Morgan fingerprint density at radius 3 is 2.45 bits per heavy atom. The van der Waals surface area contributed by atoms with Crippen molar-refractivity contribution in [2.45, 2.75) is 45.8 Å². The normalized spacial score (nSPS) is 15.6. The van der Waals surface area contributed by atoms with E-state index in [0.29, 0.717) is 0 Å². The van der Waals surface area contributed by atoms with Crippen molar-refractivity contribution in [2.75, 3.05) is 13.1 Å². The van der Waals surface area contributed by atoms with E-state index < -0.39 is 0 Å². The van der Waals surface area contributed by atoms with Gasteiger partial charge >= 0.3 is 0 Å². The first kappa shape index (κ1) is 20.0. The summed E-state index contributed by atoms with van der Waals surface area (Å²) in [4.78, 5) is 6.60. The molecule has 3 aromatic rings. The highest BCUT2D eigenvalue weighted by molar-refractivity contribution is 7.71. The fraction of sp³-hybridized carbons (Fsp3) is 0.435. The summed E-state index contributed by atoms with van der Waals surface area (Å²) in [5.74, 6) is 1.75. The van der Waals surface area contributed by atoms with E-state index in [1.54, 1.807) is 12.4 Å². The summed E-state index contributed by atoms with van der Waals surface area (Å²) < 4.78 is 4.89. The minimum absolute atomic E-state index is 0.773. The van der Waals surface area contributed by atoms with Crippen LogP contribution in [0.15, 0.2) is 54.9 Å². The molecule has 0 aliphatic carbocycles. The lowest BCUT2D eigenvalue weighted by Crippen LogP contribution is -2.35. The second kappa shape index (κ2) is 9.46. The van der Waals surface area contributed by atoms with Crippen LogP contribution in [-0.2, 0) is 19.6 Å². The first-order chi connectivity index (χ1) is 14.2. The number of nitrogens with zero attached hydrogens (tertiary/aromatic N) is 5. The molecule has 0 amide bonds. The lowest BCUT2D eigenvalue weighted by molar-refractivity contribution is 0.136. The number of aryl methyl sites for hydroxylation is 1. The van der Waals surface area contributed by atoms with Crippen LogP contribution in [0.25, 0.3) is 11.4 Å². The number of piperidine rings is 1. The second-order valence-corrected chi connectivity index (χ2v) is 8.18. The Bertz CT molecular complexity index is 956. The molecule has 2 aromatic heterocycles. The van der Waals surface area contributed by atoms with Crippen molar-refractivity contribution in [1.29, 1.82) is 0 Å². The van der Waals surface area contributed by atoms with E-state index in [9.17, 15) is 0 Å². The van der Waals surface area contributed by atoms with Crippen LogP contribution in [0.4, 0.5) is 0 Å². The maximum absolute atomic E-state index is 5.72. The Morgan fingerprint density at radius 1 is 1.03 bits per heavy atom. The van der Waals surface area contributed by atoms with Gasteiger partial charge in [0.15, 0.2) is 10.6 Å². The van der Waals surface area contributed by atoms with Crippen LogP contribution in [0.3, 0.4) is 0 Å². The standard InChI is InChI=1S/C23H29N5S/c1-2-27-22(21-10-14-24-15-11-21)25-28(23(27)29)18-26-16-12-20(13-17-26)9-8-19-6-4-3-5-7-19/h3-7,10-11,14-15,20H,2,8-9,12-13,16-18H2,1H3. The first-order valence-corrected chi connectivity index (χ1v) is 11.0. The van der Waals surface area contributed by atoms with E-state index in [4.69, 9.17) is 17.3 Å². The Kier molecular flexibility index (Phi) is 6.52. The number of pyridine rings is 1. The topological polar surface area (TPSA) is 38.9 Å². The lowest BCUT2D eigenvalue weighted by Gasteiger charge is -2.31. The van der Waals surface area contributed by atoms with Gasteiger partial charge in [-0.2, -0.15) is 5.10 Å². The lowest BCUT2D eigenvalue weighted by atomic mass is 9.91. The molecule has 6 heteroatoms. The fourth-order valence-electron chi connectivity index (χ4n) is 4.15. The average Bonchev–Trinajstić information content (AvgIpc) is 3.10. The van der Waals surface area contributed by atoms with Crippen LogP contribution in [0.2, 0.25) is 0 Å². The second-order valence-electron chi connectivity index (χ2n) is 7.81. The Hall–Kier alpha value is -2.31. The zero-order chi connectivity index (χ0) is 20.1. The van der Waals surface area contributed by atoms with E-state index in [-0.39, 0.29) is 0 Å². The molecule has 0 spiro atoms. The van der Waals surface area contributed by atoms with E-state index >= 15 is 0 Å². The van der Waals surface area contributed by atoms with Crippen molar-refractivity contribution in [3.8, 4) is 11.4 Å². The molecule has 152 valence electrons. The number of hydrogen-bond acceptors (Lipinski definition) is 4. The maximum atomic E-state index is 5.72. The molecular formula is C23H29N5S. The van der Waals surface area contributed by atoms with Crippen LogP contribution >= 0.6 is 12.2 Å². The third-order valence-corrected chi connectivity index (χ3v) is 6.33. The van der Waals surface area contributed by atoms with Gasteiger partial charge in [0.1, 0.15) is 0 Å². The highest BCUT2D eigenvalue weighted by Gasteiger charge is 2.21. The first-order valence-electron chi connectivity index (χ1n) is 10.6. The van der Waals surface area contributed by atoms with Crippen molar-refractivity contribution in [1.82, 2.24) is 24.2 Å². The van der Waals surface area contributed by atoms with Crippen molar-refractivity contribution >= 4 is 12.2 Å². The molecule has 1 aliphatic rings. The van der Waals surface area contributed by atoms with E-state index in [1.165, 1.54) is 31.2 Å². The molecule has 1 aromatic carbocycles. The van der Waals surface area contributed by atoms with E-state index in [1.807, 2.05) is 16.8 Å². The Morgan fingerprint density at radius 2 is 1.76 bits per heavy atom. The summed E-state index contributed by atoms with van der Waals surface area (Å²) in [5.41, 5.74) is 2.52. The summed E-state index contributed by atoms with van der Waals surface area (Å²) in [6, 6.07) is 14.8. The van der Waals surface area contributed by atoms with Crippen molar-refractivity contribution in [2.24, 2.45) is 5.92 Å². The van der Waals surface area contributed by atoms with Crippen LogP contribution < -0.4 is 0 Å². The third-order valence-electron chi connectivity index (χ3n) is 5.90. The van der Waals surface area contributed by atoms with Crippen LogP contribution in [0.1, 0.15) is 31.7 Å². The van der Waals surface area contributed by atoms with Gasteiger partial charge in [-0.05, 0) is 68.4 Å². The number of aromatic nitrogens is 4. The van der Waals surface area contributed by atoms with Crippen molar-refractivity contribution in [3.63, 3.8) is 0 Å². The highest BCUT2D eigenvalue weighted by atomic mass is 32.1. The van der Waals surface area contributed by atoms with Gasteiger partial charge in [-0.1, -0.05) is 30.3 Å². The number of likely N-dealkylation sites (tertiary alicyclic amines) is 1. The minimum Gasteiger partial charge on any atom is -0.300 e. The zero-order valence-electron chi connectivity index (χ0n) is 17.1. The molecule has 0 unspecified atom stereocenters. The Labute approximate surface area is 178 Å². The van der Waals surface area contributed by atoms with Crippen LogP contribution in [0.5, 0.6) is 0 Å². The fourth-order valence-corrected chi connectivity index (χ4v) is 4.47. The predicted molar refractivity (Wildman–Crippen MR) is 119 cm³/mol. The molecule has 1 saturated heterocycles. The molecule has 4 rings (SSSR count). The largest absolute Gasteiger partial charge is 0.300 e. The molecule has 29 heavy (non-hydrogen) atoms. The maximum Gasteiger partial charge on any atom is 0.199 e. The van der Waals surface area contributed by atoms with Gasteiger partial charge in [0.2, 0.25) is 0 Å². The third kappa shape index (κ3) is 4.82. The van der Waals surface area contributed by atoms with Gasteiger partial charge in [-0.15, -0.1) is 0 Å². The van der Waals surface area contributed by atoms with Crippen LogP contribution in [-0.4, -0.2) is 37.3 Å². The highest BCUT2D eigenvalue weighted by Crippen LogP contribution is 2.23. The van der Waals surface area contributed by atoms with Gasteiger partial charge in [0, 0.05) is 37.6 Å². The SMILES string of the molecule is CCn1c(-c2ccncc2)nn(CN2CCC(CCc3ccccc3)CC2)c1=S.